The van der Waals surface area contributed by atoms with E-state index < -0.39 is 29.6 Å². The van der Waals surface area contributed by atoms with E-state index in [0.717, 1.165) is 0 Å². The van der Waals surface area contributed by atoms with Gasteiger partial charge in [-0.2, -0.15) is 22.0 Å². The van der Waals surface area contributed by atoms with Crippen molar-refractivity contribution in [2.24, 2.45) is 5.41 Å². The third-order valence-electron chi connectivity index (χ3n) is 7.29. The number of anilines is 2. The summed E-state index contributed by atoms with van der Waals surface area (Å²) in [4.78, 5) is 14.4. The summed E-state index contributed by atoms with van der Waals surface area (Å²) < 4.78 is 72.0. The second kappa shape index (κ2) is 9.31. The summed E-state index contributed by atoms with van der Waals surface area (Å²) in [5, 5.41) is 3.00. The van der Waals surface area contributed by atoms with Gasteiger partial charge in [0.05, 0.1) is 16.2 Å². The monoisotopic (exact) mass is 548 g/mol. The van der Waals surface area contributed by atoms with Crippen molar-refractivity contribution >= 4 is 34.6 Å². The first kappa shape index (κ1) is 26.0. The number of hydrogen-bond donors (Lipinski definition) is 1. The number of carbonyl (C=O) groups excluding carboxylic acids is 1. The quantitative estimate of drug-likeness (QED) is 0.303. The molecule has 1 amide bonds. The molecule has 0 aromatic heterocycles. The summed E-state index contributed by atoms with van der Waals surface area (Å²) >= 11 is 6.45. The van der Waals surface area contributed by atoms with E-state index in [2.05, 4.69) is 10.1 Å². The lowest BCUT2D eigenvalue weighted by atomic mass is 9.98. The fraction of sp³-hybridized carbons (Fsp3) is 0.250. The average molecular weight is 549 g/mol. The minimum Gasteiger partial charge on any atom is -0.435 e. The van der Waals surface area contributed by atoms with Gasteiger partial charge in [-0.25, -0.2) is 0 Å². The van der Waals surface area contributed by atoms with E-state index in [9.17, 15) is 26.7 Å². The number of para-hydroxylation sites is 1. The van der Waals surface area contributed by atoms with Crippen LogP contribution in [0.3, 0.4) is 0 Å². The summed E-state index contributed by atoms with van der Waals surface area (Å²) in [6.45, 7) is -1.21. The van der Waals surface area contributed by atoms with Gasteiger partial charge < -0.3 is 15.0 Å². The molecule has 4 nitrogen and oxygen atoms in total. The number of nitrogens with zero attached hydrogens (tertiary/aromatic N) is 1. The van der Waals surface area contributed by atoms with Crippen LogP contribution >= 0.6 is 11.6 Å². The van der Waals surface area contributed by atoms with Crippen LogP contribution in [0, 0.1) is 5.41 Å². The first-order valence-electron chi connectivity index (χ1n) is 11.8. The van der Waals surface area contributed by atoms with E-state index in [1.54, 1.807) is 48.2 Å². The van der Waals surface area contributed by atoms with Crippen LogP contribution in [0.15, 0.2) is 78.9 Å². The van der Waals surface area contributed by atoms with Gasteiger partial charge >= 0.3 is 12.8 Å². The molecule has 3 aromatic carbocycles. The molecular weight excluding hydrogens is 527 g/mol. The third kappa shape index (κ3) is 4.18. The Morgan fingerprint density at radius 2 is 1.71 bits per heavy atom. The lowest BCUT2D eigenvalue weighted by Gasteiger charge is -2.34. The number of carbonyl (C=O) groups is 1. The number of ether oxygens (including phenoxy) is 1. The Morgan fingerprint density at radius 1 is 1.05 bits per heavy atom. The zero-order chi connectivity index (χ0) is 27.3. The van der Waals surface area contributed by atoms with Gasteiger partial charge in [0.2, 0.25) is 0 Å². The van der Waals surface area contributed by atoms with Gasteiger partial charge in [0, 0.05) is 16.9 Å². The van der Waals surface area contributed by atoms with E-state index in [-0.39, 0.29) is 24.2 Å². The molecule has 1 N–H and O–H groups in total. The van der Waals surface area contributed by atoms with Crippen molar-refractivity contribution < 1.29 is 31.5 Å². The number of alkyl halides is 5. The van der Waals surface area contributed by atoms with Crippen molar-refractivity contribution in [2.75, 3.05) is 10.2 Å². The molecule has 2 aliphatic rings. The molecule has 38 heavy (non-hydrogen) atoms. The SMILES string of the molecule is CCC12CC1(C(F)(F)F)C=C(c1ccc(C(=O)Nc3ccc(OC(F)F)cc3)cc1)N2c1ccccc1Cl. The number of benzene rings is 3. The normalized spacial score (nSPS) is 22.2. The molecule has 1 aliphatic heterocycles. The summed E-state index contributed by atoms with van der Waals surface area (Å²) in [7, 11) is 0. The molecular formula is C28H22ClF5N2O2. The van der Waals surface area contributed by atoms with Crippen molar-refractivity contribution in [3.05, 3.63) is 95.0 Å². The average Bonchev–Trinajstić information content (AvgIpc) is 3.47. The highest BCUT2D eigenvalue weighted by Crippen LogP contribution is 2.76. The molecule has 1 aliphatic carbocycles. The van der Waals surface area contributed by atoms with Crippen LogP contribution in [0.1, 0.15) is 35.7 Å². The largest absolute Gasteiger partial charge is 0.435 e. The van der Waals surface area contributed by atoms with Gasteiger partial charge in [0.1, 0.15) is 11.2 Å². The van der Waals surface area contributed by atoms with E-state index in [1.165, 1.54) is 42.5 Å². The van der Waals surface area contributed by atoms with Gasteiger partial charge in [-0.05, 0) is 73.0 Å². The Morgan fingerprint density at radius 3 is 2.29 bits per heavy atom. The summed E-state index contributed by atoms with van der Waals surface area (Å²) in [5.41, 5.74) is -1.15. The van der Waals surface area contributed by atoms with Crippen molar-refractivity contribution in [1.29, 1.82) is 0 Å². The smallest absolute Gasteiger partial charge is 0.400 e. The van der Waals surface area contributed by atoms with Crippen LogP contribution in [0.4, 0.5) is 33.3 Å². The molecule has 1 saturated carbocycles. The molecule has 0 saturated heterocycles. The van der Waals surface area contributed by atoms with Crippen molar-refractivity contribution in [3.63, 3.8) is 0 Å². The van der Waals surface area contributed by atoms with Crippen LogP contribution in [-0.4, -0.2) is 24.2 Å². The molecule has 1 fully saturated rings. The third-order valence-corrected chi connectivity index (χ3v) is 7.61. The van der Waals surface area contributed by atoms with Gasteiger partial charge in [-0.15, -0.1) is 0 Å². The van der Waals surface area contributed by atoms with Crippen LogP contribution in [0.2, 0.25) is 5.02 Å². The lowest BCUT2D eigenvalue weighted by Crippen LogP contribution is -2.40. The molecule has 0 radical (unpaired) electrons. The first-order valence-corrected chi connectivity index (χ1v) is 12.2. The number of fused-ring (bicyclic) bond motifs is 1. The molecule has 10 heteroatoms. The first-order chi connectivity index (χ1) is 18.0. The molecule has 2 atom stereocenters. The minimum absolute atomic E-state index is 0.0465. The maximum atomic E-state index is 14.4. The molecule has 1 heterocycles. The minimum atomic E-state index is -4.44. The zero-order valence-corrected chi connectivity index (χ0v) is 20.8. The highest BCUT2D eigenvalue weighted by atomic mass is 35.5. The van der Waals surface area contributed by atoms with Crippen LogP contribution in [0.25, 0.3) is 5.70 Å². The number of rotatable bonds is 7. The van der Waals surface area contributed by atoms with Crippen LogP contribution in [-0.2, 0) is 0 Å². The topological polar surface area (TPSA) is 41.6 Å². The molecule has 3 aromatic rings. The van der Waals surface area contributed by atoms with Gasteiger partial charge in [0.15, 0.2) is 0 Å². The summed E-state index contributed by atoms with van der Waals surface area (Å²) in [6.07, 6.45) is -2.95. The highest BCUT2D eigenvalue weighted by molar-refractivity contribution is 6.33. The zero-order valence-electron chi connectivity index (χ0n) is 20.0. The molecule has 198 valence electrons. The second-order valence-electron chi connectivity index (χ2n) is 9.28. The number of halogens is 6. The Balaban J connectivity index is 1.43. The van der Waals surface area contributed by atoms with E-state index in [1.807, 2.05) is 0 Å². The van der Waals surface area contributed by atoms with Crippen molar-refractivity contribution in [2.45, 2.75) is 38.1 Å². The fourth-order valence-electron chi connectivity index (χ4n) is 5.38. The van der Waals surface area contributed by atoms with Gasteiger partial charge in [0.25, 0.3) is 5.91 Å². The maximum absolute atomic E-state index is 14.4. The highest BCUT2D eigenvalue weighted by Gasteiger charge is 2.83. The van der Waals surface area contributed by atoms with Crippen molar-refractivity contribution in [3.8, 4) is 5.75 Å². The molecule has 5 rings (SSSR count). The molecule has 0 bridgehead atoms. The standard InChI is InChI=1S/C28H22ClF5N2O2/c1-2-27-16-26(27,28(32,33)34)15-23(36(27)22-6-4-3-5-21(22)29)17-7-9-18(10-8-17)24(37)35-19-11-13-20(14-12-19)38-25(30)31/h3-15,25H,2,16H2,1H3,(H,35,37). The Labute approximate surface area is 220 Å². The second-order valence-corrected chi connectivity index (χ2v) is 9.69. The Hall–Kier alpha value is -3.59. The van der Waals surface area contributed by atoms with Gasteiger partial charge in [-0.3, -0.25) is 4.79 Å². The van der Waals surface area contributed by atoms with E-state index in [4.69, 9.17) is 11.6 Å². The fourth-order valence-corrected chi connectivity index (χ4v) is 5.60. The summed E-state index contributed by atoms with van der Waals surface area (Å²) in [5.74, 6) is -0.517. The summed E-state index contributed by atoms with van der Waals surface area (Å²) in [6, 6.07) is 18.5. The maximum Gasteiger partial charge on any atom is 0.400 e. The predicted octanol–water partition coefficient (Wildman–Crippen LogP) is 8.16. The number of nitrogens with one attached hydrogen (secondary N) is 1. The number of hydrogen-bond acceptors (Lipinski definition) is 3. The van der Waals surface area contributed by atoms with Crippen molar-refractivity contribution in [1.82, 2.24) is 0 Å². The van der Waals surface area contributed by atoms with Crippen LogP contribution in [0.5, 0.6) is 5.75 Å². The van der Waals surface area contributed by atoms with Gasteiger partial charge in [-0.1, -0.05) is 42.8 Å². The Kier molecular flexibility index (Phi) is 6.38. The lowest BCUT2D eigenvalue weighted by molar-refractivity contribution is -0.176. The van der Waals surface area contributed by atoms with Crippen LogP contribution < -0.4 is 15.0 Å². The van der Waals surface area contributed by atoms with E-state index in [0.29, 0.717) is 27.7 Å². The van der Waals surface area contributed by atoms with E-state index >= 15 is 0 Å². The Bertz CT molecular complexity index is 1390. The number of amides is 1. The molecule has 2 unspecified atom stereocenters. The molecule has 0 spiro atoms. The predicted molar refractivity (Wildman–Crippen MR) is 136 cm³/mol.